The van der Waals surface area contributed by atoms with Crippen molar-refractivity contribution in [1.82, 2.24) is 9.21 Å². The SMILES string of the molecule is CCOc1ccc(OCCN2CCN(S(=O)(=O)Cc3ccccc3)CC2)cc1. The first kappa shape index (κ1) is 20.6. The van der Waals surface area contributed by atoms with Crippen LogP contribution in [0.5, 0.6) is 11.5 Å². The first-order chi connectivity index (χ1) is 13.6. The van der Waals surface area contributed by atoms with Gasteiger partial charge in [-0.3, -0.25) is 4.90 Å². The average Bonchev–Trinajstić information content (AvgIpc) is 2.70. The van der Waals surface area contributed by atoms with E-state index in [0.717, 1.165) is 36.7 Å². The van der Waals surface area contributed by atoms with E-state index in [2.05, 4.69) is 4.90 Å². The molecule has 28 heavy (non-hydrogen) atoms. The Hall–Kier alpha value is -2.09. The van der Waals surface area contributed by atoms with Crippen molar-refractivity contribution in [3.63, 3.8) is 0 Å². The van der Waals surface area contributed by atoms with Gasteiger partial charge < -0.3 is 9.47 Å². The average molecular weight is 405 g/mol. The summed E-state index contributed by atoms with van der Waals surface area (Å²) in [6.45, 7) is 6.45. The molecule has 152 valence electrons. The first-order valence-corrected chi connectivity index (χ1v) is 11.3. The van der Waals surface area contributed by atoms with Crippen molar-refractivity contribution in [1.29, 1.82) is 0 Å². The molecule has 2 aromatic rings. The first-order valence-electron chi connectivity index (χ1n) is 9.66. The molecular formula is C21H28N2O4S. The number of sulfonamides is 1. The summed E-state index contributed by atoms with van der Waals surface area (Å²) in [5.74, 6) is 1.71. The number of nitrogens with zero attached hydrogens (tertiary/aromatic N) is 2. The summed E-state index contributed by atoms with van der Waals surface area (Å²) >= 11 is 0. The third-order valence-electron chi connectivity index (χ3n) is 4.73. The summed E-state index contributed by atoms with van der Waals surface area (Å²) in [6.07, 6.45) is 0. The Morgan fingerprint density at radius 1 is 0.857 bits per heavy atom. The number of rotatable bonds is 9. The lowest BCUT2D eigenvalue weighted by Gasteiger charge is -2.33. The largest absolute Gasteiger partial charge is 0.494 e. The number of piperazine rings is 1. The van der Waals surface area contributed by atoms with Gasteiger partial charge in [0.05, 0.1) is 12.4 Å². The van der Waals surface area contributed by atoms with Gasteiger partial charge in [0.15, 0.2) is 0 Å². The molecule has 0 aromatic heterocycles. The second kappa shape index (κ2) is 9.91. The Balaban J connectivity index is 1.40. The second-order valence-electron chi connectivity index (χ2n) is 6.74. The normalized spacial score (nSPS) is 16.0. The highest BCUT2D eigenvalue weighted by molar-refractivity contribution is 7.88. The molecule has 1 fully saturated rings. The molecule has 0 N–H and O–H groups in total. The third-order valence-corrected chi connectivity index (χ3v) is 6.58. The van der Waals surface area contributed by atoms with Crippen LogP contribution in [0, 0.1) is 0 Å². The molecule has 0 amide bonds. The van der Waals surface area contributed by atoms with Gasteiger partial charge in [-0.15, -0.1) is 0 Å². The molecule has 6 nitrogen and oxygen atoms in total. The minimum atomic E-state index is -3.27. The van der Waals surface area contributed by atoms with E-state index in [9.17, 15) is 8.42 Å². The number of hydrogen-bond donors (Lipinski definition) is 0. The van der Waals surface area contributed by atoms with Crippen LogP contribution in [0.4, 0.5) is 0 Å². The van der Waals surface area contributed by atoms with E-state index >= 15 is 0 Å². The van der Waals surface area contributed by atoms with Crippen LogP contribution in [0.2, 0.25) is 0 Å². The Kier molecular flexibility index (Phi) is 7.30. The van der Waals surface area contributed by atoms with Crippen molar-refractivity contribution in [2.45, 2.75) is 12.7 Å². The van der Waals surface area contributed by atoms with Crippen LogP contribution in [0.15, 0.2) is 54.6 Å². The summed E-state index contributed by atoms with van der Waals surface area (Å²) in [5.41, 5.74) is 0.827. The van der Waals surface area contributed by atoms with Gasteiger partial charge in [-0.25, -0.2) is 8.42 Å². The highest BCUT2D eigenvalue weighted by atomic mass is 32.2. The molecule has 0 saturated carbocycles. The summed E-state index contributed by atoms with van der Waals surface area (Å²) in [5, 5.41) is 0. The van der Waals surface area contributed by atoms with Crippen LogP contribution < -0.4 is 9.47 Å². The topological polar surface area (TPSA) is 59.1 Å². The molecule has 0 aliphatic carbocycles. The van der Waals surface area contributed by atoms with Gasteiger partial charge in [0.2, 0.25) is 10.0 Å². The van der Waals surface area contributed by atoms with E-state index in [1.54, 1.807) is 4.31 Å². The van der Waals surface area contributed by atoms with Crippen molar-refractivity contribution in [2.24, 2.45) is 0 Å². The monoisotopic (exact) mass is 404 g/mol. The smallest absolute Gasteiger partial charge is 0.218 e. The highest BCUT2D eigenvalue weighted by Crippen LogP contribution is 2.18. The van der Waals surface area contributed by atoms with E-state index in [-0.39, 0.29) is 5.75 Å². The molecule has 7 heteroatoms. The van der Waals surface area contributed by atoms with E-state index in [1.807, 2.05) is 61.5 Å². The molecule has 3 rings (SSSR count). The van der Waals surface area contributed by atoms with Crippen LogP contribution in [0.1, 0.15) is 12.5 Å². The lowest BCUT2D eigenvalue weighted by molar-refractivity contribution is 0.158. The minimum Gasteiger partial charge on any atom is -0.494 e. The Morgan fingerprint density at radius 2 is 1.46 bits per heavy atom. The lowest BCUT2D eigenvalue weighted by atomic mass is 10.2. The maximum Gasteiger partial charge on any atom is 0.218 e. The maximum atomic E-state index is 12.6. The van der Waals surface area contributed by atoms with Gasteiger partial charge in [0.1, 0.15) is 18.1 Å². The molecule has 0 unspecified atom stereocenters. The summed E-state index contributed by atoms with van der Waals surface area (Å²) in [7, 11) is -3.27. The quantitative estimate of drug-likeness (QED) is 0.643. The predicted octanol–water partition coefficient (Wildman–Crippen LogP) is 2.61. The van der Waals surface area contributed by atoms with Gasteiger partial charge in [-0.2, -0.15) is 4.31 Å². The van der Waals surface area contributed by atoms with E-state index in [1.165, 1.54) is 0 Å². The maximum absolute atomic E-state index is 12.6. The van der Waals surface area contributed by atoms with Crippen molar-refractivity contribution < 1.29 is 17.9 Å². The molecule has 0 radical (unpaired) electrons. The molecule has 0 atom stereocenters. The number of ether oxygens (including phenoxy) is 2. The van der Waals surface area contributed by atoms with Crippen LogP contribution in [0.25, 0.3) is 0 Å². The molecular weight excluding hydrogens is 376 g/mol. The van der Waals surface area contributed by atoms with Gasteiger partial charge in [-0.05, 0) is 36.8 Å². The Bertz CT molecular complexity index is 817. The summed E-state index contributed by atoms with van der Waals surface area (Å²) < 4.78 is 38.0. The van der Waals surface area contributed by atoms with Gasteiger partial charge in [-0.1, -0.05) is 30.3 Å². The van der Waals surface area contributed by atoms with Crippen LogP contribution >= 0.6 is 0 Å². The fourth-order valence-electron chi connectivity index (χ4n) is 3.20. The van der Waals surface area contributed by atoms with Gasteiger partial charge in [0, 0.05) is 32.7 Å². The van der Waals surface area contributed by atoms with Crippen molar-refractivity contribution >= 4 is 10.0 Å². The molecule has 1 heterocycles. The molecule has 1 aliphatic rings. The third kappa shape index (κ3) is 5.95. The second-order valence-corrected chi connectivity index (χ2v) is 8.70. The zero-order chi connectivity index (χ0) is 19.8. The van der Waals surface area contributed by atoms with Gasteiger partial charge >= 0.3 is 0 Å². The predicted molar refractivity (Wildman–Crippen MR) is 110 cm³/mol. The Morgan fingerprint density at radius 3 is 2.07 bits per heavy atom. The van der Waals surface area contributed by atoms with E-state index in [4.69, 9.17) is 9.47 Å². The van der Waals surface area contributed by atoms with E-state index in [0.29, 0.717) is 26.3 Å². The molecule has 0 bridgehead atoms. The highest BCUT2D eigenvalue weighted by Gasteiger charge is 2.26. The zero-order valence-corrected chi connectivity index (χ0v) is 17.1. The minimum absolute atomic E-state index is 0.0642. The van der Waals surface area contributed by atoms with Crippen LogP contribution in [-0.2, 0) is 15.8 Å². The van der Waals surface area contributed by atoms with Gasteiger partial charge in [0.25, 0.3) is 0 Å². The fraction of sp³-hybridized carbons (Fsp3) is 0.429. The summed E-state index contributed by atoms with van der Waals surface area (Å²) in [6, 6.07) is 16.9. The molecule has 2 aromatic carbocycles. The number of hydrogen-bond acceptors (Lipinski definition) is 5. The zero-order valence-electron chi connectivity index (χ0n) is 16.3. The van der Waals surface area contributed by atoms with Crippen molar-refractivity contribution in [3.05, 3.63) is 60.2 Å². The molecule has 1 aliphatic heterocycles. The number of benzene rings is 2. The summed E-state index contributed by atoms with van der Waals surface area (Å²) in [4.78, 5) is 2.24. The molecule has 0 spiro atoms. The van der Waals surface area contributed by atoms with Crippen LogP contribution in [-0.4, -0.2) is 63.6 Å². The Labute approximate surface area is 167 Å². The molecule has 1 saturated heterocycles. The standard InChI is InChI=1S/C21H28N2O4S/c1-2-26-20-8-10-21(11-9-20)27-17-16-22-12-14-23(15-13-22)28(24,25)18-19-6-4-3-5-7-19/h3-11H,2,12-18H2,1H3. The van der Waals surface area contributed by atoms with E-state index < -0.39 is 10.0 Å². The lowest BCUT2D eigenvalue weighted by Crippen LogP contribution is -2.49. The fourth-order valence-corrected chi connectivity index (χ4v) is 4.71. The van der Waals surface area contributed by atoms with Crippen molar-refractivity contribution in [2.75, 3.05) is 45.9 Å². The van der Waals surface area contributed by atoms with Crippen molar-refractivity contribution in [3.8, 4) is 11.5 Å². The van der Waals surface area contributed by atoms with Crippen LogP contribution in [0.3, 0.4) is 0 Å².